The van der Waals surface area contributed by atoms with Gasteiger partial charge in [-0.2, -0.15) is 0 Å². The van der Waals surface area contributed by atoms with E-state index >= 15 is 0 Å². The van der Waals surface area contributed by atoms with Crippen LogP contribution in [0.3, 0.4) is 0 Å². The van der Waals surface area contributed by atoms with E-state index in [4.69, 9.17) is 10.2 Å². The van der Waals surface area contributed by atoms with Crippen LogP contribution < -0.4 is 5.32 Å². The van der Waals surface area contributed by atoms with Crippen LogP contribution in [0.2, 0.25) is 0 Å². The molecule has 1 fully saturated rings. The summed E-state index contributed by atoms with van der Waals surface area (Å²) in [6.07, 6.45) is 1.63. The first-order chi connectivity index (χ1) is 5.96. The van der Waals surface area contributed by atoms with E-state index in [2.05, 4.69) is 5.32 Å². The van der Waals surface area contributed by atoms with Gasteiger partial charge in [-0.25, -0.2) is 0 Å². The number of rotatable bonds is 4. The van der Waals surface area contributed by atoms with Crippen molar-refractivity contribution >= 4 is 5.97 Å². The Labute approximate surface area is 78.0 Å². The normalized spacial score (nSPS) is 28.2. The molecule has 0 amide bonds. The minimum absolute atomic E-state index is 0.0236. The highest BCUT2D eigenvalue weighted by molar-refractivity contribution is 5.72. The maximum atomic E-state index is 10.7. The summed E-state index contributed by atoms with van der Waals surface area (Å²) in [5.41, 5.74) is -0.376. The van der Waals surface area contributed by atoms with Gasteiger partial charge in [0.2, 0.25) is 0 Å². The van der Waals surface area contributed by atoms with Gasteiger partial charge in [-0.05, 0) is 26.7 Å². The fourth-order valence-corrected chi connectivity index (χ4v) is 1.52. The Morgan fingerprint density at radius 1 is 1.54 bits per heavy atom. The van der Waals surface area contributed by atoms with Crippen molar-refractivity contribution in [1.29, 1.82) is 0 Å². The second kappa shape index (κ2) is 3.64. The predicted molar refractivity (Wildman–Crippen MR) is 48.4 cm³/mol. The second-order valence-corrected chi connectivity index (χ2v) is 4.31. The average Bonchev–Trinajstić information content (AvgIpc) is 1.97. The molecule has 1 aliphatic carbocycles. The van der Waals surface area contributed by atoms with Gasteiger partial charge >= 0.3 is 5.97 Å². The van der Waals surface area contributed by atoms with Crippen molar-refractivity contribution in [2.24, 2.45) is 5.92 Å². The number of nitrogens with one attached hydrogen (secondary N) is 1. The Hall–Kier alpha value is -0.610. The highest BCUT2D eigenvalue weighted by Crippen LogP contribution is 2.29. The van der Waals surface area contributed by atoms with Gasteiger partial charge in [0.25, 0.3) is 0 Å². The van der Waals surface area contributed by atoms with E-state index in [1.807, 2.05) is 13.8 Å². The van der Waals surface area contributed by atoms with Gasteiger partial charge in [-0.15, -0.1) is 0 Å². The molecule has 2 unspecified atom stereocenters. The standard InChI is InChI=1S/C9H17NO3/c1-9(2,5-11)10-7-4-3-6(7)8(12)13/h6-7,10-11H,3-5H2,1-2H3,(H,12,13). The maximum absolute atomic E-state index is 10.7. The van der Waals surface area contributed by atoms with Crippen LogP contribution in [0, 0.1) is 5.92 Å². The molecule has 0 heterocycles. The Balaban J connectivity index is 2.42. The molecule has 1 rings (SSSR count). The lowest BCUT2D eigenvalue weighted by Gasteiger charge is -2.39. The minimum Gasteiger partial charge on any atom is -0.481 e. The van der Waals surface area contributed by atoms with E-state index in [1.165, 1.54) is 0 Å². The third-order valence-electron chi connectivity index (χ3n) is 2.56. The molecule has 0 aromatic carbocycles. The number of carboxylic acid groups (broad SMARTS) is 1. The van der Waals surface area contributed by atoms with E-state index in [0.29, 0.717) is 0 Å². The third kappa shape index (κ3) is 2.42. The lowest BCUT2D eigenvalue weighted by molar-refractivity contribution is -0.146. The topological polar surface area (TPSA) is 69.6 Å². The number of aliphatic hydroxyl groups is 1. The average molecular weight is 187 g/mol. The lowest BCUT2D eigenvalue weighted by Crippen LogP contribution is -2.56. The van der Waals surface area contributed by atoms with Gasteiger partial charge in [0.05, 0.1) is 12.5 Å². The predicted octanol–water partition coefficient (Wildman–Crippen LogP) is 0.210. The second-order valence-electron chi connectivity index (χ2n) is 4.31. The van der Waals surface area contributed by atoms with Crippen LogP contribution in [-0.4, -0.2) is 34.4 Å². The van der Waals surface area contributed by atoms with Crippen LogP contribution in [0.1, 0.15) is 26.7 Å². The molecule has 76 valence electrons. The third-order valence-corrected chi connectivity index (χ3v) is 2.56. The molecule has 0 aromatic rings. The first-order valence-electron chi connectivity index (χ1n) is 4.57. The Morgan fingerprint density at radius 2 is 2.15 bits per heavy atom. The van der Waals surface area contributed by atoms with Crippen LogP contribution >= 0.6 is 0 Å². The van der Waals surface area contributed by atoms with Crippen molar-refractivity contribution in [2.45, 2.75) is 38.3 Å². The van der Waals surface area contributed by atoms with Crippen molar-refractivity contribution in [2.75, 3.05) is 6.61 Å². The van der Waals surface area contributed by atoms with Gasteiger partial charge in [0.1, 0.15) is 0 Å². The number of aliphatic hydroxyl groups excluding tert-OH is 1. The Kier molecular flexibility index (Phi) is 2.93. The molecule has 0 radical (unpaired) electrons. The molecule has 3 N–H and O–H groups in total. The largest absolute Gasteiger partial charge is 0.481 e. The number of hydrogen-bond donors (Lipinski definition) is 3. The molecule has 13 heavy (non-hydrogen) atoms. The molecule has 0 saturated heterocycles. The van der Waals surface area contributed by atoms with E-state index in [0.717, 1.165) is 12.8 Å². The van der Waals surface area contributed by atoms with Gasteiger partial charge in [-0.3, -0.25) is 4.79 Å². The highest BCUT2D eigenvalue weighted by atomic mass is 16.4. The summed E-state index contributed by atoms with van der Waals surface area (Å²) >= 11 is 0. The van der Waals surface area contributed by atoms with Gasteiger partial charge in [-0.1, -0.05) is 0 Å². The SMILES string of the molecule is CC(C)(CO)NC1CCC1C(=O)O. The van der Waals surface area contributed by atoms with E-state index in [9.17, 15) is 4.79 Å². The van der Waals surface area contributed by atoms with E-state index < -0.39 is 5.97 Å². The van der Waals surface area contributed by atoms with E-state index in [1.54, 1.807) is 0 Å². The molecule has 2 atom stereocenters. The molecule has 4 heteroatoms. The Bertz CT molecular complexity index is 203. The number of hydrogen-bond acceptors (Lipinski definition) is 3. The zero-order valence-corrected chi connectivity index (χ0v) is 8.08. The van der Waals surface area contributed by atoms with Crippen molar-refractivity contribution in [1.82, 2.24) is 5.32 Å². The first kappa shape index (κ1) is 10.5. The summed E-state index contributed by atoms with van der Waals surface area (Å²) in [4.78, 5) is 10.7. The molecular weight excluding hydrogens is 170 g/mol. The van der Waals surface area contributed by atoms with Crippen molar-refractivity contribution < 1.29 is 15.0 Å². The van der Waals surface area contributed by atoms with Crippen molar-refractivity contribution in [3.05, 3.63) is 0 Å². The number of aliphatic carboxylic acids is 1. The quantitative estimate of drug-likeness (QED) is 0.588. The summed E-state index contributed by atoms with van der Waals surface area (Å²) in [6.45, 7) is 3.75. The van der Waals surface area contributed by atoms with Crippen molar-refractivity contribution in [3.8, 4) is 0 Å². The molecule has 1 aliphatic rings. The first-order valence-corrected chi connectivity index (χ1v) is 4.57. The smallest absolute Gasteiger partial charge is 0.308 e. The summed E-state index contributed by atoms with van der Waals surface area (Å²) in [5, 5.41) is 20.9. The summed E-state index contributed by atoms with van der Waals surface area (Å²) < 4.78 is 0. The molecule has 0 aliphatic heterocycles. The van der Waals surface area contributed by atoms with Crippen LogP contribution in [0.25, 0.3) is 0 Å². The fraction of sp³-hybridized carbons (Fsp3) is 0.889. The molecule has 0 aromatic heterocycles. The molecule has 0 bridgehead atoms. The Morgan fingerprint density at radius 3 is 2.46 bits per heavy atom. The zero-order chi connectivity index (χ0) is 10.1. The van der Waals surface area contributed by atoms with Crippen LogP contribution in [0.4, 0.5) is 0 Å². The monoisotopic (exact) mass is 187 g/mol. The van der Waals surface area contributed by atoms with Crippen LogP contribution in [-0.2, 0) is 4.79 Å². The number of carboxylic acids is 1. The number of carbonyl (C=O) groups is 1. The van der Waals surface area contributed by atoms with Crippen molar-refractivity contribution in [3.63, 3.8) is 0 Å². The molecule has 1 saturated carbocycles. The van der Waals surface area contributed by atoms with E-state index in [-0.39, 0.29) is 24.1 Å². The summed E-state index contributed by atoms with van der Waals surface area (Å²) in [5.74, 6) is -1.01. The lowest BCUT2D eigenvalue weighted by atomic mass is 9.78. The summed E-state index contributed by atoms with van der Waals surface area (Å²) in [6, 6.07) is 0.0275. The zero-order valence-electron chi connectivity index (χ0n) is 8.08. The molecule has 4 nitrogen and oxygen atoms in total. The fourth-order valence-electron chi connectivity index (χ4n) is 1.52. The van der Waals surface area contributed by atoms with Gasteiger partial charge in [0.15, 0.2) is 0 Å². The van der Waals surface area contributed by atoms with Gasteiger partial charge < -0.3 is 15.5 Å². The molecule has 0 spiro atoms. The summed E-state index contributed by atoms with van der Waals surface area (Å²) in [7, 11) is 0. The molecular formula is C9H17NO3. The van der Waals surface area contributed by atoms with Crippen LogP contribution in [0.15, 0.2) is 0 Å². The minimum atomic E-state index is -0.738. The highest BCUT2D eigenvalue weighted by Gasteiger charge is 2.38. The van der Waals surface area contributed by atoms with Gasteiger partial charge in [0, 0.05) is 11.6 Å². The maximum Gasteiger partial charge on any atom is 0.308 e. The van der Waals surface area contributed by atoms with Crippen LogP contribution in [0.5, 0.6) is 0 Å².